The topological polar surface area (TPSA) is 64.0 Å². The second-order valence-corrected chi connectivity index (χ2v) is 5.65. The summed E-state index contributed by atoms with van der Waals surface area (Å²) < 4.78 is 53.2. The molecule has 0 saturated heterocycles. The van der Waals surface area contributed by atoms with Crippen molar-refractivity contribution in [1.29, 1.82) is 0 Å². The van der Waals surface area contributed by atoms with Crippen molar-refractivity contribution >= 4 is 10.0 Å². The molecule has 2 aromatic rings. The van der Waals surface area contributed by atoms with Gasteiger partial charge in [-0.2, -0.15) is 5.10 Å². The zero-order valence-electron chi connectivity index (χ0n) is 9.97. The fourth-order valence-corrected chi connectivity index (χ4v) is 2.46. The molecule has 0 spiro atoms. The molecule has 1 heterocycles. The molecule has 0 aliphatic heterocycles. The van der Waals surface area contributed by atoms with Gasteiger partial charge in [-0.3, -0.25) is 4.68 Å². The Morgan fingerprint density at radius 3 is 2.58 bits per heavy atom. The van der Waals surface area contributed by atoms with Crippen LogP contribution < -0.4 is 4.72 Å². The predicted molar refractivity (Wildman–Crippen MR) is 63.6 cm³/mol. The summed E-state index contributed by atoms with van der Waals surface area (Å²) in [4.78, 5) is -0.331. The molecule has 8 heteroatoms. The molecule has 0 radical (unpaired) electrons. The maximum absolute atomic E-state index is 13.0. The highest BCUT2D eigenvalue weighted by molar-refractivity contribution is 7.89. The van der Waals surface area contributed by atoms with Gasteiger partial charge in [0, 0.05) is 13.2 Å². The first-order chi connectivity index (χ1) is 8.88. The average Bonchev–Trinajstić information content (AvgIpc) is 2.76. The lowest BCUT2D eigenvalue weighted by molar-refractivity contribution is 0.504. The second-order valence-electron chi connectivity index (χ2n) is 3.88. The van der Waals surface area contributed by atoms with Crippen molar-refractivity contribution in [2.45, 2.75) is 11.4 Å². The van der Waals surface area contributed by atoms with Crippen LogP contribution in [0.4, 0.5) is 8.78 Å². The molecule has 102 valence electrons. The van der Waals surface area contributed by atoms with E-state index in [1.54, 1.807) is 19.3 Å². The van der Waals surface area contributed by atoms with E-state index in [1.165, 1.54) is 4.68 Å². The van der Waals surface area contributed by atoms with Gasteiger partial charge in [-0.1, -0.05) is 0 Å². The molecule has 1 aromatic carbocycles. The number of nitrogens with one attached hydrogen (secondary N) is 1. The van der Waals surface area contributed by atoms with E-state index in [0.29, 0.717) is 11.8 Å². The Morgan fingerprint density at radius 1 is 1.26 bits per heavy atom. The average molecular weight is 287 g/mol. The molecule has 1 aromatic heterocycles. The van der Waals surface area contributed by atoms with Gasteiger partial charge in [-0.25, -0.2) is 21.9 Å². The van der Waals surface area contributed by atoms with Crippen LogP contribution in [-0.2, 0) is 23.6 Å². The third-order valence-corrected chi connectivity index (χ3v) is 3.81. The lowest BCUT2D eigenvalue weighted by Crippen LogP contribution is -2.23. The van der Waals surface area contributed by atoms with Gasteiger partial charge in [0.1, 0.15) is 0 Å². The van der Waals surface area contributed by atoms with Crippen LogP contribution in [0.25, 0.3) is 0 Å². The van der Waals surface area contributed by atoms with Crippen molar-refractivity contribution in [1.82, 2.24) is 14.5 Å². The number of aromatic nitrogens is 2. The summed E-state index contributed by atoms with van der Waals surface area (Å²) in [5.74, 6) is -2.30. The van der Waals surface area contributed by atoms with E-state index in [2.05, 4.69) is 9.82 Å². The third kappa shape index (κ3) is 3.15. The highest BCUT2D eigenvalue weighted by atomic mass is 32.2. The number of nitrogens with zero attached hydrogens (tertiary/aromatic N) is 2. The first-order valence-electron chi connectivity index (χ1n) is 5.32. The largest absolute Gasteiger partial charge is 0.276 e. The summed E-state index contributed by atoms with van der Waals surface area (Å²) in [6.45, 7) is -0.0256. The lowest BCUT2D eigenvalue weighted by Gasteiger charge is -2.05. The Labute approximate surface area is 108 Å². The van der Waals surface area contributed by atoms with Crippen molar-refractivity contribution in [2.75, 3.05) is 0 Å². The van der Waals surface area contributed by atoms with Crippen LogP contribution in [0.2, 0.25) is 0 Å². The Bertz CT molecular complexity index is 698. The molecule has 0 amide bonds. The minimum absolute atomic E-state index is 0.0256. The third-order valence-electron chi connectivity index (χ3n) is 2.41. The van der Waals surface area contributed by atoms with Crippen LogP contribution in [0, 0.1) is 11.6 Å². The zero-order valence-corrected chi connectivity index (χ0v) is 10.8. The zero-order chi connectivity index (χ0) is 14.0. The van der Waals surface area contributed by atoms with Crippen molar-refractivity contribution < 1.29 is 17.2 Å². The quantitative estimate of drug-likeness (QED) is 0.918. The highest BCUT2D eigenvalue weighted by Gasteiger charge is 2.16. The van der Waals surface area contributed by atoms with Gasteiger partial charge in [0.2, 0.25) is 10.0 Å². The first-order valence-corrected chi connectivity index (χ1v) is 6.80. The van der Waals surface area contributed by atoms with Crippen LogP contribution in [-0.4, -0.2) is 18.2 Å². The normalized spacial score (nSPS) is 11.7. The van der Waals surface area contributed by atoms with E-state index < -0.39 is 21.7 Å². The molecule has 0 unspecified atom stereocenters. The molecular weight excluding hydrogens is 276 g/mol. The fourth-order valence-electron chi connectivity index (χ4n) is 1.45. The van der Waals surface area contributed by atoms with Gasteiger partial charge in [-0.05, 0) is 24.3 Å². The minimum Gasteiger partial charge on any atom is -0.276 e. The molecule has 5 nitrogen and oxygen atoms in total. The van der Waals surface area contributed by atoms with Gasteiger partial charge in [0.05, 0.1) is 17.1 Å². The molecule has 0 aliphatic rings. The number of benzene rings is 1. The van der Waals surface area contributed by atoms with E-state index in [9.17, 15) is 17.2 Å². The van der Waals surface area contributed by atoms with Crippen LogP contribution in [0.15, 0.2) is 35.4 Å². The van der Waals surface area contributed by atoms with Gasteiger partial charge in [0.15, 0.2) is 11.6 Å². The molecule has 1 N–H and O–H groups in total. The SMILES string of the molecule is Cn1ccc(CNS(=O)(=O)c2ccc(F)c(F)c2)n1. The number of rotatable bonds is 4. The second kappa shape index (κ2) is 5.06. The lowest BCUT2D eigenvalue weighted by atomic mass is 10.3. The molecule has 0 saturated carbocycles. The van der Waals surface area contributed by atoms with Crippen LogP contribution in [0.1, 0.15) is 5.69 Å². The summed E-state index contributed by atoms with van der Waals surface area (Å²) in [5, 5.41) is 3.99. The van der Waals surface area contributed by atoms with Crippen molar-refractivity contribution in [3.63, 3.8) is 0 Å². The number of sulfonamides is 1. The number of halogens is 2. The van der Waals surface area contributed by atoms with Gasteiger partial charge in [-0.15, -0.1) is 0 Å². The molecule has 19 heavy (non-hydrogen) atoms. The maximum Gasteiger partial charge on any atom is 0.241 e. The standard InChI is InChI=1S/C11H11F2N3O2S/c1-16-5-4-8(15-16)7-14-19(17,18)9-2-3-10(12)11(13)6-9/h2-6,14H,7H2,1H3. The summed E-state index contributed by atoms with van der Waals surface area (Å²) in [6.07, 6.45) is 1.67. The number of hydrogen-bond acceptors (Lipinski definition) is 3. The maximum atomic E-state index is 13.0. The molecular formula is C11H11F2N3O2S. The Morgan fingerprint density at radius 2 is 2.00 bits per heavy atom. The summed E-state index contributed by atoms with van der Waals surface area (Å²) in [7, 11) is -2.19. The molecule has 2 rings (SSSR count). The molecule has 0 bridgehead atoms. The summed E-state index contributed by atoms with van der Waals surface area (Å²) in [6, 6.07) is 4.05. The number of aryl methyl sites for hydroxylation is 1. The smallest absolute Gasteiger partial charge is 0.241 e. The van der Waals surface area contributed by atoms with Crippen molar-refractivity contribution in [3.8, 4) is 0 Å². The fraction of sp³-hybridized carbons (Fsp3) is 0.182. The Hall–Kier alpha value is -1.80. The van der Waals surface area contributed by atoms with Gasteiger partial charge >= 0.3 is 0 Å². The first kappa shape index (κ1) is 13.6. The Balaban J connectivity index is 2.16. The minimum atomic E-state index is -3.89. The van der Waals surface area contributed by atoms with E-state index in [0.717, 1.165) is 12.1 Å². The van der Waals surface area contributed by atoms with Crippen LogP contribution >= 0.6 is 0 Å². The molecule has 0 aliphatic carbocycles. The van der Waals surface area contributed by atoms with Gasteiger partial charge in [0.25, 0.3) is 0 Å². The summed E-state index contributed by atoms with van der Waals surface area (Å²) in [5.41, 5.74) is 0.522. The van der Waals surface area contributed by atoms with Crippen molar-refractivity contribution in [3.05, 3.63) is 47.8 Å². The van der Waals surface area contributed by atoms with E-state index in [1.807, 2.05) is 0 Å². The van der Waals surface area contributed by atoms with E-state index in [-0.39, 0.29) is 11.4 Å². The Kier molecular flexibility index (Phi) is 3.63. The highest BCUT2D eigenvalue weighted by Crippen LogP contribution is 2.13. The van der Waals surface area contributed by atoms with Crippen LogP contribution in [0.3, 0.4) is 0 Å². The van der Waals surface area contributed by atoms with Gasteiger partial charge < -0.3 is 0 Å². The molecule has 0 atom stereocenters. The van der Waals surface area contributed by atoms with E-state index >= 15 is 0 Å². The van der Waals surface area contributed by atoms with Crippen LogP contribution in [0.5, 0.6) is 0 Å². The predicted octanol–water partition coefficient (Wildman–Crippen LogP) is 1.18. The van der Waals surface area contributed by atoms with Crippen molar-refractivity contribution in [2.24, 2.45) is 7.05 Å². The number of hydrogen-bond donors (Lipinski definition) is 1. The monoisotopic (exact) mass is 287 g/mol. The van der Waals surface area contributed by atoms with E-state index in [4.69, 9.17) is 0 Å². The molecule has 0 fully saturated rings. The summed E-state index contributed by atoms with van der Waals surface area (Å²) >= 11 is 0.